The highest BCUT2D eigenvalue weighted by atomic mass is 32.1. The number of hydrogen-bond acceptors (Lipinski definition) is 4. The third-order valence-corrected chi connectivity index (χ3v) is 3.82. The fourth-order valence-electron chi connectivity index (χ4n) is 2.00. The van der Waals surface area contributed by atoms with Gasteiger partial charge in [-0.1, -0.05) is 0 Å². The molecule has 0 fully saturated rings. The summed E-state index contributed by atoms with van der Waals surface area (Å²) in [5, 5.41) is 8.88. The summed E-state index contributed by atoms with van der Waals surface area (Å²) in [6.07, 6.45) is 2.91. The zero-order valence-electron chi connectivity index (χ0n) is 8.23. The Morgan fingerprint density at radius 1 is 1.53 bits per heavy atom. The Hall–Kier alpha value is -1.49. The first-order valence-corrected chi connectivity index (χ1v) is 5.81. The molecule has 0 bridgehead atoms. The van der Waals surface area contributed by atoms with Crippen molar-refractivity contribution in [3.63, 3.8) is 0 Å². The SMILES string of the molecule is Nc1[nH]ncc1N1CCc2sccc2C1. The molecule has 78 valence electrons. The molecule has 0 radical (unpaired) electrons. The van der Waals surface area contributed by atoms with E-state index in [4.69, 9.17) is 5.73 Å². The second-order valence-electron chi connectivity index (χ2n) is 3.71. The minimum atomic E-state index is 0.661. The summed E-state index contributed by atoms with van der Waals surface area (Å²) in [4.78, 5) is 3.78. The van der Waals surface area contributed by atoms with Crippen molar-refractivity contribution < 1.29 is 0 Å². The predicted octanol–water partition coefficient (Wildman–Crippen LogP) is 1.62. The number of nitrogen functional groups attached to an aromatic ring is 1. The standard InChI is InChI=1S/C10H12N4S/c11-10-8(5-12-13-10)14-3-1-9-7(6-14)2-4-15-9/h2,4-5H,1,3,6H2,(H3,11,12,13). The Bertz CT molecular complexity index is 473. The maximum atomic E-state index is 5.81. The summed E-state index contributed by atoms with van der Waals surface area (Å²) < 4.78 is 0. The van der Waals surface area contributed by atoms with E-state index < -0.39 is 0 Å². The highest BCUT2D eigenvalue weighted by Crippen LogP contribution is 2.29. The molecule has 2 aromatic rings. The van der Waals surface area contributed by atoms with E-state index in [0.29, 0.717) is 5.82 Å². The molecule has 3 rings (SSSR count). The second-order valence-corrected chi connectivity index (χ2v) is 4.71. The van der Waals surface area contributed by atoms with Gasteiger partial charge in [-0.05, 0) is 23.4 Å². The minimum Gasteiger partial charge on any atom is -0.382 e. The Labute approximate surface area is 91.7 Å². The van der Waals surface area contributed by atoms with Gasteiger partial charge in [0.2, 0.25) is 0 Å². The molecule has 3 N–H and O–H groups in total. The molecule has 15 heavy (non-hydrogen) atoms. The van der Waals surface area contributed by atoms with Crippen molar-refractivity contribution in [2.75, 3.05) is 17.2 Å². The van der Waals surface area contributed by atoms with Gasteiger partial charge in [0.1, 0.15) is 5.82 Å². The lowest BCUT2D eigenvalue weighted by Crippen LogP contribution is -2.29. The van der Waals surface area contributed by atoms with Gasteiger partial charge in [0.05, 0.1) is 11.9 Å². The molecule has 0 saturated heterocycles. The third kappa shape index (κ3) is 1.39. The number of hydrogen-bond donors (Lipinski definition) is 2. The first-order chi connectivity index (χ1) is 7.34. The molecular formula is C10H12N4S. The molecule has 0 spiro atoms. The molecule has 3 heterocycles. The number of thiophene rings is 1. The number of aromatic amines is 1. The molecule has 5 heteroatoms. The van der Waals surface area contributed by atoms with Crippen LogP contribution in [0.2, 0.25) is 0 Å². The van der Waals surface area contributed by atoms with E-state index in [9.17, 15) is 0 Å². The topological polar surface area (TPSA) is 57.9 Å². The molecule has 0 unspecified atom stereocenters. The second kappa shape index (κ2) is 3.27. The van der Waals surface area contributed by atoms with E-state index in [1.165, 1.54) is 10.4 Å². The van der Waals surface area contributed by atoms with Gasteiger partial charge in [-0.25, -0.2) is 0 Å². The van der Waals surface area contributed by atoms with E-state index >= 15 is 0 Å². The largest absolute Gasteiger partial charge is 0.382 e. The molecule has 1 aliphatic heterocycles. The van der Waals surface area contributed by atoms with Crippen LogP contribution in [0, 0.1) is 0 Å². The van der Waals surface area contributed by atoms with Crippen molar-refractivity contribution in [1.29, 1.82) is 0 Å². The minimum absolute atomic E-state index is 0.661. The van der Waals surface area contributed by atoms with Gasteiger partial charge in [0, 0.05) is 18.0 Å². The molecular weight excluding hydrogens is 208 g/mol. The summed E-state index contributed by atoms with van der Waals surface area (Å²) in [5.41, 5.74) is 8.25. The van der Waals surface area contributed by atoms with Crippen LogP contribution in [0.25, 0.3) is 0 Å². The molecule has 0 amide bonds. The lowest BCUT2D eigenvalue weighted by molar-refractivity contribution is 0.745. The third-order valence-electron chi connectivity index (χ3n) is 2.80. The van der Waals surface area contributed by atoms with Crippen molar-refractivity contribution in [3.8, 4) is 0 Å². The van der Waals surface area contributed by atoms with Gasteiger partial charge in [-0.15, -0.1) is 11.3 Å². The van der Waals surface area contributed by atoms with Crippen LogP contribution in [0.15, 0.2) is 17.6 Å². The summed E-state index contributed by atoms with van der Waals surface area (Å²) in [5.74, 6) is 0.661. The van der Waals surface area contributed by atoms with Crippen LogP contribution in [-0.2, 0) is 13.0 Å². The first kappa shape index (κ1) is 8.79. The highest BCUT2D eigenvalue weighted by Gasteiger charge is 2.19. The summed E-state index contributed by atoms with van der Waals surface area (Å²) in [7, 11) is 0. The molecule has 0 aliphatic carbocycles. The van der Waals surface area contributed by atoms with Gasteiger partial charge in [0.25, 0.3) is 0 Å². The lowest BCUT2D eigenvalue weighted by atomic mass is 10.1. The number of H-pyrrole nitrogens is 1. The summed E-state index contributed by atoms with van der Waals surface area (Å²) >= 11 is 1.85. The highest BCUT2D eigenvalue weighted by molar-refractivity contribution is 7.10. The number of nitrogens with two attached hydrogens (primary N) is 1. The van der Waals surface area contributed by atoms with E-state index in [0.717, 1.165) is 25.2 Å². The van der Waals surface area contributed by atoms with Gasteiger partial charge < -0.3 is 10.6 Å². The van der Waals surface area contributed by atoms with Crippen LogP contribution in [0.4, 0.5) is 11.5 Å². The fourth-order valence-corrected chi connectivity index (χ4v) is 2.89. The van der Waals surface area contributed by atoms with Crippen LogP contribution in [0.3, 0.4) is 0 Å². The molecule has 4 nitrogen and oxygen atoms in total. The van der Waals surface area contributed by atoms with Crippen molar-refractivity contribution in [3.05, 3.63) is 28.1 Å². The van der Waals surface area contributed by atoms with Crippen LogP contribution in [-0.4, -0.2) is 16.7 Å². The Kier molecular flexibility index (Phi) is 1.92. The summed E-state index contributed by atoms with van der Waals surface area (Å²) in [6, 6.07) is 2.20. The van der Waals surface area contributed by atoms with Crippen LogP contribution in [0.1, 0.15) is 10.4 Å². The van der Waals surface area contributed by atoms with Gasteiger partial charge in [-0.3, -0.25) is 5.10 Å². The normalized spacial score (nSPS) is 15.3. The first-order valence-electron chi connectivity index (χ1n) is 4.93. The Morgan fingerprint density at radius 3 is 3.27 bits per heavy atom. The maximum Gasteiger partial charge on any atom is 0.142 e. The number of nitrogens with zero attached hydrogens (tertiary/aromatic N) is 2. The van der Waals surface area contributed by atoms with Gasteiger partial charge in [-0.2, -0.15) is 5.10 Å². The van der Waals surface area contributed by atoms with E-state index in [-0.39, 0.29) is 0 Å². The number of nitrogens with one attached hydrogen (secondary N) is 1. The zero-order valence-corrected chi connectivity index (χ0v) is 9.05. The van der Waals surface area contributed by atoms with Crippen molar-refractivity contribution in [1.82, 2.24) is 10.2 Å². The van der Waals surface area contributed by atoms with Crippen molar-refractivity contribution in [2.45, 2.75) is 13.0 Å². The van der Waals surface area contributed by atoms with E-state index in [1.54, 1.807) is 6.20 Å². The van der Waals surface area contributed by atoms with Gasteiger partial charge in [0.15, 0.2) is 0 Å². The van der Waals surface area contributed by atoms with Gasteiger partial charge >= 0.3 is 0 Å². The van der Waals surface area contributed by atoms with Crippen LogP contribution < -0.4 is 10.6 Å². The van der Waals surface area contributed by atoms with Crippen molar-refractivity contribution in [2.24, 2.45) is 0 Å². The zero-order chi connectivity index (χ0) is 10.3. The van der Waals surface area contributed by atoms with E-state index in [1.807, 2.05) is 11.3 Å². The Balaban J connectivity index is 1.90. The molecule has 0 saturated carbocycles. The van der Waals surface area contributed by atoms with E-state index in [2.05, 4.69) is 26.5 Å². The van der Waals surface area contributed by atoms with Crippen LogP contribution >= 0.6 is 11.3 Å². The molecule has 2 aromatic heterocycles. The maximum absolute atomic E-state index is 5.81. The predicted molar refractivity (Wildman–Crippen MR) is 62.1 cm³/mol. The molecule has 0 atom stereocenters. The monoisotopic (exact) mass is 220 g/mol. The Morgan fingerprint density at radius 2 is 2.47 bits per heavy atom. The van der Waals surface area contributed by atoms with Crippen LogP contribution in [0.5, 0.6) is 0 Å². The smallest absolute Gasteiger partial charge is 0.142 e. The van der Waals surface area contributed by atoms with Crippen molar-refractivity contribution >= 4 is 22.8 Å². The number of aromatic nitrogens is 2. The summed E-state index contributed by atoms with van der Waals surface area (Å²) in [6.45, 7) is 1.97. The number of fused-ring (bicyclic) bond motifs is 1. The average Bonchev–Trinajstić information content (AvgIpc) is 2.84. The number of rotatable bonds is 1. The number of anilines is 2. The quantitative estimate of drug-likeness (QED) is 0.767. The average molecular weight is 220 g/mol. The lowest BCUT2D eigenvalue weighted by Gasteiger charge is -2.27. The molecule has 0 aromatic carbocycles. The molecule has 1 aliphatic rings. The fraction of sp³-hybridized carbons (Fsp3) is 0.300.